The fourth-order valence-electron chi connectivity index (χ4n) is 4.68. The van der Waals surface area contributed by atoms with Crippen LogP contribution in [0.3, 0.4) is 0 Å². The summed E-state index contributed by atoms with van der Waals surface area (Å²) in [7, 11) is 1.92. The van der Waals surface area contributed by atoms with Crippen molar-refractivity contribution in [2.45, 2.75) is 64.8 Å². The number of thiazole rings is 1. The van der Waals surface area contributed by atoms with E-state index in [0.29, 0.717) is 5.92 Å². The molecule has 8 heteroatoms. The van der Waals surface area contributed by atoms with E-state index in [2.05, 4.69) is 36.1 Å². The van der Waals surface area contributed by atoms with Crippen molar-refractivity contribution >= 4 is 28.3 Å². The van der Waals surface area contributed by atoms with Crippen LogP contribution in [0, 0.1) is 6.92 Å². The van der Waals surface area contributed by atoms with Gasteiger partial charge < -0.3 is 4.90 Å². The third kappa shape index (κ3) is 4.55. The van der Waals surface area contributed by atoms with E-state index in [0.717, 1.165) is 85.7 Å². The minimum atomic E-state index is 0.0878. The molecular weight excluding hydrogens is 432 g/mol. The molecule has 2 fully saturated rings. The largest absolute Gasteiger partial charge is 0.337 e. The first-order valence-electron chi connectivity index (χ1n) is 12.0. The smallest absolute Gasteiger partial charge is 0.254 e. The number of pyridine rings is 1. The third-order valence-corrected chi connectivity index (χ3v) is 7.99. The molecule has 1 amide bonds. The first-order chi connectivity index (χ1) is 15.7. The van der Waals surface area contributed by atoms with E-state index in [1.165, 1.54) is 5.01 Å². The lowest BCUT2D eigenvalue weighted by molar-refractivity contribution is 0.0762. The van der Waals surface area contributed by atoms with Crippen molar-refractivity contribution in [1.29, 1.82) is 0 Å². The Morgan fingerprint density at radius 1 is 1.15 bits per heavy atom. The van der Waals surface area contributed by atoms with Crippen molar-refractivity contribution in [2.75, 3.05) is 26.2 Å². The first kappa shape index (κ1) is 22.5. The summed E-state index contributed by atoms with van der Waals surface area (Å²) >= 11 is 1.75. The summed E-state index contributed by atoms with van der Waals surface area (Å²) in [6.45, 7) is 12.8. The van der Waals surface area contributed by atoms with Crippen molar-refractivity contribution in [3.8, 4) is 0 Å². The average Bonchev–Trinajstić information content (AvgIpc) is 3.49. The summed E-state index contributed by atoms with van der Waals surface area (Å²) in [6.07, 6.45) is 3.29. The van der Waals surface area contributed by atoms with E-state index in [1.54, 1.807) is 11.3 Å². The van der Waals surface area contributed by atoms with E-state index in [1.807, 2.05) is 29.6 Å². The molecule has 5 rings (SSSR count). The minimum Gasteiger partial charge on any atom is -0.337 e. The van der Waals surface area contributed by atoms with Gasteiger partial charge in [0, 0.05) is 62.2 Å². The monoisotopic (exact) mass is 466 g/mol. The molecule has 0 aromatic carbocycles. The van der Waals surface area contributed by atoms with Crippen LogP contribution in [-0.4, -0.2) is 61.6 Å². The predicted molar refractivity (Wildman–Crippen MR) is 132 cm³/mol. The maximum absolute atomic E-state index is 13.7. The van der Waals surface area contributed by atoms with Gasteiger partial charge in [-0.15, -0.1) is 11.3 Å². The molecule has 1 saturated carbocycles. The lowest BCUT2D eigenvalue weighted by Gasteiger charge is -2.22. The number of aromatic nitrogens is 4. The Morgan fingerprint density at radius 3 is 2.64 bits per heavy atom. The lowest BCUT2D eigenvalue weighted by atomic mass is 9.98. The zero-order chi connectivity index (χ0) is 23.3. The summed E-state index contributed by atoms with van der Waals surface area (Å²) < 4.78 is 1.82. The highest BCUT2D eigenvalue weighted by molar-refractivity contribution is 7.09. The van der Waals surface area contributed by atoms with Crippen LogP contribution in [0.4, 0.5) is 0 Å². The summed E-state index contributed by atoms with van der Waals surface area (Å²) in [5.74, 6) is 0.609. The number of hydrogen-bond acceptors (Lipinski definition) is 6. The van der Waals surface area contributed by atoms with Gasteiger partial charge in [-0.2, -0.15) is 5.10 Å². The van der Waals surface area contributed by atoms with E-state index < -0.39 is 0 Å². The Balaban J connectivity index is 1.33. The second kappa shape index (κ2) is 8.47. The topological polar surface area (TPSA) is 67.2 Å². The van der Waals surface area contributed by atoms with Gasteiger partial charge >= 0.3 is 0 Å². The second-order valence-electron chi connectivity index (χ2n) is 10.6. The Kier molecular flexibility index (Phi) is 5.77. The molecule has 1 aliphatic heterocycles. The zero-order valence-corrected chi connectivity index (χ0v) is 21.2. The van der Waals surface area contributed by atoms with Crippen LogP contribution in [-0.2, 0) is 19.0 Å². The summed E-state index contributed by atoms with van der Waals surface area (Å²) in [5, 5.41) is 8.84. The fourth-order valence-corrected chi connectivity index (χ4v) is 5.58. The highest BCUT2D eigenvalue weighted by Crippen LogP contribution is 2.40. The molecule has 3 aromatic heterocycles. The normalized spacial score (nSPS) is 18.2. The molecule has 176 valence electrons. The number of amides is 1. The van der Waals surface area contributed by atoms with Crippen LogP contribution >= 0.6 is 11.3 Å². The van der Waals surface area contributed by atoms with Gasteiger partial charge in [0.15, 0.2) is 5.65 Å². The molecule has 1 saturated heterocycles. The van der Waals surface area contributed by atoms with Crippen LogP contribution in [0.1, 0.15) is 78.4 Å². The summed E-state index contributed by atoms with van der Waals surface area (Å²) in [5.41, 5.74) is 4.75. The molecule has 1 aliphatic carbocycles. The molecule has 2 aliphatic rings. The maximum atomic E-state index is 13.7. The number of hydrogen-bond donors (Lipinski definition) is 0. The van der Waals surface area contributed by atoms with Crippen LogP contribution in [0.2, 0.25) is 0 Å². The summed E-state index contributed by atoms with van der Waals surface area (Å²) in [6, 6.07) is 2.04. The number of nitrogens with zero attached hydrogens (tertiary/aromatic N) is 6. The molecule has 33 heavy (non-hydrogen) atoms. The number of carbonyl (C=O) groups is 1. The molecular formula is C25H34N6OS. The predicted octanol–water partition coefficient (Wildman–Crippen LogP) is 4.26. The van der Waals surface area contributed by atoms with Crippen molar-refractivity contribution in [1.82, 2.24) is 29.5 Å². The van der Waals surface area contributed by atoms with E-state index in [-0.39, 0.29) is 11.3 Å². The maximum Gasteiger partial charge on any atom is 0.254 e. The van der Waals surface area contributed by atoms with E-state index in [9.17, 15) is 4.79 Å². The molecule has 0 spiro atoms. The SMILES string of the molecule is Cc1nn(C)c2nc(C3CC3)cc(C(=O)N3CCCN(Cc4csc(C(C)(C)C)n4)CC3)c12. The molecule has 3 aromatic rings. The van der Waals surface area contributed by atoms with Crippen LogP contribution < -0.4 is 0 Å². The van der Waals surface area contributed by atoms with Gasteiger partial charge in [-0.1, -0.05) is 20.8 Å². The Hall–Kier alpha value is -2.32. The van der Waals surface area contributed by atoms with Gasteiger partial charge in [-0.25, -0.2) is 9.97 Å². The van der Waals surface area contributed by atoms with Gasteiger partial charge in [0.25, 0.3) is 5.91 Å². The number of aryl methyl sites for hydroxylation is 2. The Morgan fingerprint density at radius 2 is 1.94 bits per heavy atom. The van der Waals surface area contributed by atoms with Crippen molar-refractivity contribution in [3.05, 3.63) is 39.1 Å². The van der Waals surface area contributed by atoms with Crippen LogP contribution in [0.15, 0.2) is 11.4 Å². The van der Waals surface area contributed by atoms with Crippen LogP contribution in [0.25, 0.3) is 11.0 Å². The molecule has 4 heterocycles. The Bertz CT molecular complexity index is 1190. The van der Waals surface area contributed by atoms with Gasteiger partial charge in [0.2, 0.25) is 0 Å². The number of carbonyl (C=O) groups excluding carboxylic acids is 1. The number of rotatable bonds is 4. The third-order valence-electron chi connectivity index (χ3n) is 6.67. The van der Waals surface area contributed by atoms with Gasteiger partial charge in [-0.05, 0) is 32.3 Å². The molecule has 0 radical (unpaired) electrons. The Labute approximate surface area is 199 Å². The van der Waals surface area contributed by atoms with E-state index >= 15 is 0 Å². The highest BCUT2D eigenvalue weighted by Gasteiger charge is 2.30. The average molecular weight is 467 g/mol. The molecule has 0 unspecified atom stereocenters. The number of fused-ring (bicyclic) bond motifs is 1. The van der Waals surface area contributed by atoms with E-state index in [4.69, 9.17) is 9.97 Å². The molecule has 0 bridgehead atoms. The molecule has 0 atom stereocenters. The zero-order valence-electron chi connectivity index (χ0n) is 20.4. The van der Waals surface area contributed by atoms with Gasteiger partial charge in [-0.3, -0.25) is 14.4 Å². The first-order valence-corrected chi connectivity index (χ1v) is 12.9. The summed E-state index contributed by atoms with van der Waals surface area (Å²) in [4.78, 5) is 27.9. The molecule has 7 nitrogen and oxygen atoms in total. The minimum absolute atomic E-state index is 0.0878. The van der Waals surface area contributed by atoms with Crippen LogP contribution in [0.5, 0.6) is 0 Å². The quantitative estimate of drug-likeness (QED) is 0.575. The molecule has 0 N–H and O–H groups in total. The fraction of sp³-hybridized carbons (Fsp3) is 0.600. The standard InChI is InChI=1S/C25H34N6OS/c1-16-21-19(13-20(17-7-8-17)27-22(21)29(5)28-16)23(32)31-10-6-9-30(11-12-31)14-18-15-33-24(26-18)25(2,3)4/h13,15,17H,6-12,14H2,1-5H3. The lowest BCUT2D eigenvalue weighted by Crippen LogP contribution is -2.35. The van der Waals surface area contributed by atoms with Gasteiger partial charge in [0.05, 0.1) is 27.3 Å². The van der Waals surface area contributed by atoms with Crippen molar-refractivity contribution in [3.63, 3.8) is 0 Å². The second-order valence-corrected chi connectivity index (χ2v) is 11.5. The van der Waals surface area contributed by atoms with Gasteiger partial charge in [0.1, 0.15) is 0 Å². The van der Waals surface area contributed by atoms with Crippen molar-refractivity contribution in [2.24, 2.45) is 7.05 Å². The van der Waals surface area contributed by atoms with Crippen molar-refractivity contribution < 1.29 is 4.79 Å². The highest BCUT2D eigenvalue weighted by atomic mass is 32.1.